The molecule has 1 aliphatic rings. The van der Waals surface area contributed by atoms with E-state index >= 15 is 0 Å². The lowest BCUT2D eigenvalue weighted by Crippen LogP contribution is -2.26. The number of carbonyl (C=O) groups is 1. The number of benzene rings is 3. The molecule has 160 valence electrons. The summed E-state index contributed by atoms with van der Waals surface area (Å²) >= 11 is 1.79. The highest BCUT2D eigenvalue weighted by atomic mass is 32.2. The molecule has 3 aromatic carbocycles. The molecular weight excluding hydrogens is 410 g/mol. The molecule has 0 saturated heterocycles. The number of ether oxygens (including phenoxy) is 3. The van der Waals surface area contributed by atoms with Gasteiger partial charge in [-0.15, -0.1) is 0 Å². The van der Waals surface area contributed by atoms with Gasteiger partial charge in [0, 0.05) is 16.4 Å². The highest BCUT2D eigenvalue weighted by Crippen LogP contribution is 2.47. The van der Waals surface area contributed by atoms with E-state index in [1.54, 1.807) is 30.8 Å². The van der Waals surface area contributed by atoms with Gasteiger partial charge in [-0.2, -0.15) is 0 Å². The van der Waals surface area contributed by atoms with E-state index in [1.807, 2.05) is 19.1 Å². The Morgan fingerprint density at radius 2 is 1.48 bits per heavy atom. The smallest absolute Gasteiger partial charge is 0.340 e. The molecule has 1 unspecified atom stereocenters. The van der Waals surface area contributed by atoms with Gasteiger partial charge >= 0.3 is 5.97 Å². The van der Waals surface area contributed by atoms with Crippen molar-refractivity contribution in [3.05, 3.63) is 72.8 Å². The van der Waals surface area contributed by atoms with Crippen molar-refractivity contribution >= 4 is 29.1 Å². The minimum atomic E-state index is -0.589. The van der Waals surface area contributed by atoms with E-state index in [-0.39, 0.29) is 0 Å². The molecule has 0 amide bonds. The van der Waals surface area contributed by atoms with E-state index in [4.69, 9.17) is 14.2 Å². The largest absolute Gasteiger partial charge is 0.492 e. The fourth-order valence-corrected chi connectivity index (χ4v) is 4.49. The molecule has 31 heavy (non-hydrogen) atoms. The van der Waals surface area contributed by atoms with E-state index in [0.717, 1.165) is 12.3 Å². The molecule has 0 fully saturated rings. The van der Waals surface area contributed by atoms with Gasteiger partial charge in [-0.3, -0.25) is 0 Å². The summed E-state index contributed by atoms with van der Waals surface area (Å²) in [5.74, 6) is 0.793. The van der Waals surface area contributed by atoms with E-state index in [2.05, 4.69) is 53.4 Å². The summed E-state index contributed by atoms with van der Waals surface area (Å²) in [5.41, 5.74) is 2.39. The molecule has 3 aromatic rings. The first-order valence-electron chi connectivity index (χ1n) is 10.4. The number of carbonyl (C=O) groups excluding carboxylic acids is 1. The Balaban J connectivity index is 1.37. The quantitative estimate of drug-likeness (QED) is 0.334. The van der Waals surface area contributed by atoms with Gasteiger partial charge in [0.05, 0.1) is 17.9 Å². The Hall–Kier alpha value is -2.96. The fourth-order valence-electron chi connectivity index (χ4n) is 3.40. The van der Waals surface area contributed by atoms with Gasteiger partial charge in [0.25, 0.3) is 0 Å². The third-order valence-corrected chi connectivity index (χ3v) is 6.04. The molecule has 0 aliphatic carbocycles. The zero-order valence-corrected chi connectivity index (χ0v) is 18.4. The van der Waals surface area contributed by atoms with Crippen LogP contribution in [-0.2, 0) is 9.53 Å². The zero-order valence-electron chi connectivity index (χ0n) is 17.6. The number of hydrogen-bond donors (Lipinski definition) is 0. The van der Waals surface area contributed by atoms with Crippen LogP contribution in [0.25, 0.3) is 0 Å². The van der Waals surface area contributed by atoms with Crippen molar-refractivity contribution in [2.75, 3.05) is 24.7 Å². The first kappa shape index (κ1) is 21.3. The van der Waals surface area contributed by atoms with Gasteiger partial charge in [-0.1, -0.05) is 36.0 Å². The number of anilines is 2. The van der Waals surface area contributed by atoms with Gasteiger partial charge in [-0.25, -0.2) is 4.79 Å². The second kappa shape index (κ2) is 9.90. The second-order valence-electron chi connectivity index (χ2n) is 7.03. The fraction of sp³-hybridized carbons (Fsp3) is 0.240. The molecule has 0 N–H and O–H groups in total. The molecule has 0 saturated carbocycles. The van der Waals surface area contributed by atoms with Crippen LogP contribution in [0.3, 0.4) is 0 Å². The normalized spacial score (nSPS) is 13.2. The van der Waals surface area contributed by atoms with E-state index < -0.39 is 12.1 Å². The van der Waals surface area contributed by atoms with Crippen LogP contribution < -0.4 is 14.4 Å². The van der Waals surface area contributed by atoms with E-state index in [0.29, 0.717) is 19.0 Å². The number of esters is 1. The van der Waals surface area contributed by atoms with Crippen LogP contribution in [0, 0.1) is 0 Å². The van der Waals surface area contributed by atoms with Gasteiger partial charge < -0.3 is 19.1 Å². The lowest BCUT2D eigenvalue weighted by atomic mass is 10.2. The summed E-state index contributed by atoms with van der Waals surface area (Å²) in [6, 6.07) is 23.9. The molecule has 5 nitrogen and oxygen atoms in total. The van der Waals surface area contributed by atoms with Crippen LogP contribution in [0.1, 0.15) is 13.8 Å². The van der Waals surface area contributed by atoms with Crippen molar-refractivity contribution in [1.29, 1.82) is 0 Å². The van der Waals surface area contributed by atoms with Crippen LogP contribution in [0.4, 0.5) is 11.4 Å². The first-order chi connectivity index (χ1) is 15.2. The summed E-state index contributed by atoms with van der Waals surface area (Å²) in [5, 5.41) is 0. The minimum absolute atomic E-state index is 0.407. The zero-order chi connectivity index (χ0) is 21.6. The van der Waals surface area contributed by atoms with Crippen molar-refractivity contribution in [3.63, 3.8) is 0 Å². The first-order valence-corrected chi connectivity index (χ1v) is 11.2. The Morgan fingerprint density at radius 3 is 2.10 bits per heavy atom. The SMILES string of the molecule is CCOC(C)C(=O)Oc1ccc(OCCN2c3ccccc3Sc3ccccc32)cc1. The number of hydrogen-bond acceptors (Lipinski definition) is 6. The number of fused-ring (bicyclic) bond motifs is 2. The molecule has 1 atom stereocenters. The summed E-state index contributed by atoms with van der Waals surface area (Å²) in [7, 11) is 0. The lowest BCUT2D eigenvalue weighted by Gasteiger charge is -2.32. The van der Waals surface area contributed by atoms with Crippen molar-refractivity contribution in [2.24, 2.45) is 0 Å². The predicted octanol–water partition coefficient (Wildman–Crippen LogP) is 5.70. The Kier molecular flexibility index (Phi) is 6.79. The average Bonchev–Trinajstić information content (AvgIpc) is 2.80. The third-order valence-electron chi connectivity index (χ3n) is 4.91. The molecule has 0 aromatic heterocycles. The Bertz CT molecular complexity index is 992. The maximum atomic E-state index is 12.0. The standard InChI is InChI=1S/C25H25NO4S/c1-3-28-18(2)25(27)30-20-14-12-19(13-15-20)29-17-16-26-21-8-4-6-10-23(21)31-24-11-7-5-9-22(24)26/h4-15,18H,3,16-17H2,1-2H3. The van der Waals surface area contributed by atoms with Crippen LogP contribution in [0.5, 0.6) is 11.5 Å². The highest BCUT2D eigenvalue weighted by Gasteiger charge is 2.22. The second-order valence-corrected chi connectivity index (χ2v) is 8.11. The predicted molar refractivity (Wildman–Crippen MR) is 123 cm³/mol. The van der Waals surface area contributed by atoms with E-state index in [9.17, 15) is 4.79 Å². The summed E-state index contributed by atoms with van der Waals surface area (Å²) in [6.07, 6.45) is -0.589. The van der Waals surface area contributed by atoms with Gasteiger partial charge in [0.15, 0.2) is 6.10 Å². The molecule has 6 heteroatoms. The van der Waals surface area contributed by atoms with Crippen LogP contribution in [0.2, 0.25) is 0 Å². The van der Waals surface area contributed by atoms with E-state index in [1.165, 1.54) is 21.2 Å². The Morgan fingerprint density at radius 1 is 0.903 bits per heavy atom. The Labute approximate surface area is 186 Å². The topological polar surface area (TPSA) is 48.0 Å². The summed E-state index contributed by atoms with van der Waals surface area (Å²) in [6.45, 7) is 5.23. The molecule has 0 spiro atoms. The third kappa shape index (κ3) is 5.03. The average molecular weight is 436 g/mol. The lowest BCUT2D eigenvalue weighted by molar-refractivity contribution is -0.145. The van der Waals surface area contributed by atoms with Gasteiger partial charge in [0.2, 0.25) is 0 Å². The molecule has 0 bridgehead atoms. The molecular formula is C25H25NO4S. The molecule has 1 aliphatic heterocycles. The number of rotatable bonds is 8. The molecule has 0 radical (unpaired) electrons. The number of para-hydroxylation sites is 2. The van der Waals surface area contributed by atoms with Gasteiger partial charge in [-0.05, 0) is 62.4 Å². The minimum Gasteiger partial charge on any atom is -0.492 e. The van der Waals surface area contributed by atoms with Crippen molar-refractivity contribution in [1.82, 2.24) is 0 Å². The maximum absolute atomic E-state index is 12.0. The summed E-state index contributed by atoms with van der Waals surface area (Å²) < 4.78 is 16.6. The van der Waals surface area contributed by atoms with Crippen molar-refractivity contribution in [2.45, 2.75) is 29.7 Å². The summed E-state index contributed by atoms with van der Waals surface area (Å²) in [4.78, 5) is 16.7. The van der Waals surface area contributed by atoms with Crippen LogP contribution >= 0.6 is 11.8 Å². The number of nitrogens with zero attached hydrogens (tertiary/aromatic N) is 1. The molecule has 4 rings (SSSR count). The monoisotopic (exact) mass is 435 g/mol. The van der Waals surface area contributed by atoms with Crippen LogP contribution in [0.15, 0.2) is 82.6 Å². The van der Waals surface area contributed by atoms with Crippen molar-refractivity contribution < 1.29 is 19.0 Å². The van der Waals surface area contributed by atoms with Crippen LogP contribution in [-0.4, -0.2) is 31.8 Å². The maximum Gasteiger partial charge on any atom is 0.340 e. The highest BCUT2D eigenvalue weighted by molar-refractivity contribution is 7.99. The van der Waals surface area contributed by atoms with Crippen molar-refractivity contribution in [3.8, 4) is 11.5 Å². The molecule has 1 heterocycles. The van der Waals surface area contributed by atoms with Gasteiger partial charge in [0.1, 0.15) is 18.1 Å².